The highest BCUT2D eigenvalue weighted by Gasteiger charge is 2.20. The minimum Gasteiger partial charge on any atom is -0.508 e. The van der Waals surface area contributed by atoms with Crippen molar-refractivity contribution in [2.45, 2.75) is 32.8 Å². The van der Waals surface area contributed by atoms with Crippen LogP contribution in [0.2, 0.25) is 0 Å². The molecule has 1 aliphatic rings. The lowest BCUT2D eigenvalue weighted by Crippen LogP contribution is -2.25. The van der Waals surface area contributed by atoms with Crippen LogP contribution in [0.15, 0.2) is 66.7 Å². The third kappa shape index (κ3) is 5.45. The number of nitrogens with zero attached hydrogens (tertiary/aromatic N) is 2. The number of hydrogen-bond acceptors (Lipinski definition) is 6. The summed E-state index contributed by atoms with van der Waals surface area (Å²) in [6, 6.07) is 22.1. The number of anilines is 2. The molecule has 5 rings (SSSR count). The number of fused-ring (bicyclic) bond motifs is 1. The maximum Gasteiger partial charge on any atom is 0.121 e. The number of phenolic OH excluding ortho intramolecular Hbond substituents is 1. The first kappa shape index (κ1) is 24.5. The van der Waals surface area contributed by atoms with Gasteiger partial charge in [0, 0.05) is 29.4 Å². The molecule has 4 aromatic rings. The van der Waals surface area contributed by atoms with Gasteiger partial charge in [-0.3, -0.25) is 4.90 Å². The lowest BCUT2D eigenvalue weighted by atomic mass is 10.1. The van der Waals surface area contributed by atoms with E-state index in [0.29, 0.717) is 0 Å². The Morgan fingerprint density at radius 3 is 2.33 bits per heavy atom. The van der Waals surface area contributed by atoms with Crippen molar-refractivity contribution < 1.29 is 14.6 Å². The normalized spacial score (nSPS) is 14.0. The number of aromatic hydroxyl groups is 1. The van der Waals surface area contributed by atoms with Crippen molar-refractivity contribution in [2.24, 2.45) is 0 Å². The van der Waals surface area contributed by atoms with E-state index in [1.807, 2.05) is 32.0 Å². The molecular formula is C30H34N2O3S. The molecule has 0 atom stereocenters. The molecule has 1 N–H and O–H groups in total. The molecule has 36 heavy (non-hydrogen) atoms. The van der Waals surface area contributed by atoms with Crippen LogP contribution in [0.25, 0.3) is 20.5 Å². The van der Waals surface area contributed by atoms with E-state index in [2.05, 4.69) is 53.2 Å². The summed E-state index contributed by atoms with van der Waals surface area (Å²) < 4.78 is 13.1. The molecule has 0 spiro atoms. The van der Waals surface area contributed by atoms with E-state index in [4.69, 9.17) is 9.47 Å². The van der Waals surface area contributed by atoms with Gasteiger partial charge in [-0.1, -0.05) is 0 Å². The zero-order valence-electron chi connectivity index (χ0n) is 21.2. The van der Waals surface area contributed by atoms with Crippen molar-refractivity contribution in [2.75, 3.05) is 38.2 Å². The Labute approximate surface area is 217 Å². The smallest absolute Gasteiger partial charge is 0.121 e. The second kappa shape index (κ2) is 10.8. The van der Waals surface area contributed by atoms with E-state index in [1.165, 1.54) is 36.0 Å². The van der Waals surface area contributed by atoms with Crippen LogP contribution in [0.3, 0.4) is 0 Å². The second-order valence-electron chi connectivity index (χ2n) is 9.60. The maximum absolute atomic E-state index is 9.83. The summed E-state index contributed by atoms with van der Waals surface area (Å²) >= 11 is 1.74. The fourth-order valence-corrected chi connectivity index (χ4v) is 6.01. The van der Waals surface area contributed by atoms with Gasteiger partial charge in [0.05, 0.1) is 16.7 Å². The number of hydrogen-bond donors (Lipinski definition) is 1. The highest BCUT2D eigenvalue weighted by Crippen LogP contribution is 2.47. The molecule has 1 aliphatic heterocycles. The molecule has 1 aromatic heterocycles. The molecule has 0 unspecified atom stereocenters. The Morgan fingerprint density at radius 1 is 0.944 bits per heavy atom. The average Bonchev–Trinajstić information content (AvgIpc) is 3.52. The summed E-state index contributed by atoms with van der Waals surface area (Å²) in [5.41, 5.74) is 3.30. The van der Waals surface area contributed by atoms with Gasteiger partial charge in [0.15, 0.2) is 0 Å². The van der Waals surface area contributed by atoms with Crippen molar-refractivity contribution in [3.63, 3.8) is 0 Å². The molecule has 1 saturated heterocycles. The van der Waals surface area contributed by atoms with E-state index < -0.39 is 0 Å². The van der Waals surface area contributed by atoms with Crippen molar-refractivity contribution in [1.82, 2.24) is 4.90 Å². The first-order chi connectivity index (χ1) is 17.5. The lowest BCUT2D eigenvalue weighted by Gasteiger charge is -2.22. The van der Waals surface area contributed by atoms with E-state index in [9.17, 15) is 5.11 Å². The standard InChI is InChI=1S/C30H34N2O3S/c1-21(2)35-26-14-15-27-28(20-26)36-30(22-6-10-24(33)11-7-22)29(27)31(3)23-8-12-25(13-9-23)34-19-18-32-16-4-5-17-32/h6-15,20-21,33H,4-5,16-19H2,1-3H3. The topological polar surface area (TPSA) is 45.2 Å². The first-order valence-corrected chi connectivity index (χ1v) is 13.5. The molecule has 3 aromatic carbocycles. The predicted molar refractivity (Wildman–Crippen MR) is 150 cm³/mol. The number of likely N-dealkylation sites (tertiary alicyclic amines) is 1. The Hall–Kier alpha value is -3.22. The maximum atomic E-state index is 9.83. The van der Waals surface area contributed by atoms with Crippen LogP contribution in [0.1, 0.15) is 26.7 Å². The number of ether oxygens (including phenoxy) is 2. The Balaban J connectivity index is 1.43. The van der Waals surface area contributed by atoms with Gasteiger partial charge in [0.25, 0.3) is 0 Å². The summed E-state index contributed by atoms with van der Waals surface area (Å²) in [7, 11) is 2.10. The van der Waals surface area contributed by atoms with Crippen LogP contribution in [0, 0.1) is 0 Å². The van der Waals surface area contributed by atoms with Crippen molar-refractivity contribution in [3.05, 3.63) is 66.7 Å². The van der Waals surface area contributed by atoms with Crippen molar-refractivity contribution >= 4 is 32.8 Å². The van der Waals surface area contributed by atoms with Gasteiger partial charge < -0.3 is 19.5 Å². The van der Waals surface area contributed by atoms with Crippen molar-refractivity contribution in [1.29, 1.82) is 0 Å². The number of thiophene rings is 1. The van der Waals surface area contributed by atoms with Crippen LogP contribution in [0.5, 0.6) is 17.2 Å². The molecule has 5 nitrogen and oxygen atoms in total. The van der Waals surface area contributed by atoms with E-state index >= 15 is 0 Å². The third-order valence-electron chi connectivity index (χ3n) is 6.57. The molecule has 0 bridgehead atoms. The molecule has 0 radical (unpaired) electrons. The summed E-state index contributed by atoms with van der Waals surface area (Å²) in [6.07, 6.45) is 2.73. The summed E-state index contributed by atoms with van der Waals surface area (Å²) in [4.78, 5) is 5.85. The van der Waals surface area contributed by atoms with Crippen LogP contribution in [-0.4, -0.2) is 49.4 Å². The van der Waals surface area contributed by atoms with Gasteiger partial charge in [-0.05, 0) is 112 Å². The number of phenols is 1. The molecule has 6 heteroatoms. The molecular weight excluding hydrogens is 468 g/mol. The molecule has 2 heterocycles. The second-order valence-corrected chi connectivity index (χ2v) is 10.7. The van der Waals surface area contributed by atoms with Crippen LogP contribution >= 0.6 is 11.3 Å². The Bertz CT molecular complexity index is 1290. The van der Waals surface area contributed by atoms with E-state index in [1.54, 1.807) is 23.5 Å². The van der Waals surface area contributed by atoms with Gasteiger partial charge in [-0.2, -0.15) is 0 Å². The first-order valence-electron chi connectivity index (χ1n) is 12.7. The van der Waals surface area contributed by atoms with Crippen LogP contribution in [0.4, 0.5) is 11.4 Å². The Kier molecular flexibility index (Phi) is 7.35. The zero-order valence-corrected chi connectivity index (χ0v) is 22.1. The van der Waals surface area contributed by atoms with Crippen molar-refractivity contribution in [3.8, 4) is 27.7 Å². The highest BCUT2D eigenvalue weighted by atomic mass is 32.1. The quantitative estimate of drug-likeness (QED) is 0.260. The van der Waals surface area contributed by atoms with Gasteiger partial charge in [-0.25, -0.2) is 0 Å². The molecule has 0 aliphatic carbocycles. The fourth-order valence-electron chi connectivity index (χ4n) is 4.74. The van der Waals surface area contributed by atoms with Gasteiger partial charge >= 0.3 is 0 Å². The van der Waals surface area contributed by atoms with E-state index in [-0.39, 0.29) is 11.9 Å². The SMILES string of the molecule is CC(C)Oc1ccc2c(N(C)c3ccc(OCCN4CCCC4)cc3)c(-c3ccc(O)cc3)sc2c1. The summed E-state index contributed by atoms with van der Waals surface area (Å²) in [6.45, 7) is 8.17. The zero-order chi connectivity index (χ0) is 25.1. The molecule has 0 amide bonds. The van der Waals surface area contributed by atoms with Gasteiger partial charge in [0.2, 0.25) is 0 Å². The minimum atomic E-state index is 0.122. The van der Waals surface area contributed by atoms with Gasteiger partial charge in [0.1, 0.15) is 23.9 Å². The monoisotopic (exact) mass is 502 g/mol. The predicted octanol–water partition coefficient (Wildman–Crippen LogP) is 7.30. The number of benzene rings is 3. The highest BCUT2D eigenvalue weighted by molar-refractivity contribution is 7.23. The Morgan fingerprint density at radius 2 is 1.64 bits per heavy atom. The summed E-state index contributed by atoms with van der Waals surface area (Å²) in [5.74, 6) is 2.04. The fraction of sp³-hybridized carbons (Fsp3) is 0.333. The van der Waals surface area contributed by atoms with E-state index in [0.717, 1.165) is 46.5 Å². The average molecular weight is 503 g/mol. The lowest BCUT2D eigenvalue weighted by molar-refractivity contribution is 0.238. The van der Waals surface area contributed by atoms with Crippen LogP contribution in [-0.2, 0) is 0 Å². The number of rotatable bonds is 9. The largest absolute Gasteiger partial charge is 0.508 e. The minimum absolute atomic E-state index is 0.122. The molecule has 1 fully saturated rings. The summed E-state index contributed by atoms with van der Waals surface area (Å²) in [5, 5.41) is 11.0. The van der Waals surface area contributed by atoms with Gasteiger partial charge in [-0.15, -0.1) is 11.3 Å². The molecule has 188 valence electrons. The van der Waals surface area contributed by atoms with Crippen LogP contribution < -0.4 is 14.4 Å². The molecule has 0 saturated carbocycles. The third-order valence-corrected chi connectivity index (χ3v) is 7.76.